The van der Waals surface area contributed by atoms with Crippen molar-refractivity contribution in [1.82, 2.24) is 5.43 Å². The molecule has 0 rings (SSSR count). The Hall–Kier alpha value is -0.0800. The van der Waals surface area contributed by atoms with Crippen molar-refractivity contribution in [1.29, 1.82) is 0 Å². The van der Waals surface area contributed by atoms with Gasteiger partial charge in [0.15, 0.2) is 0 Å². The fraction of sp³-hybridized carbons (Fsp3) is 1.00. The average molecular weight is 172 g/mol. The Kier molecular flexibility index (Phi) is 8.95. The van der Waals surface area contributed by atoms with Gasteiger partial charge in [-0.15, -0.1) is 0 Å². The second-order valence-corrected chi connectivity index (χ2v) is 3.56. The maximum atomic E-state index is 5.32. The number of rotatable bonds is 8. The van der Waals surface area contributed by atoms with E-state index in [0.29, 0.717) is 0 Å². The molecule has 0 aromatic carbocycles. The Bertz CT molecular complexity index is 75.9. The monoisotopic (exact) mass is 172 g/mol. The zero-order valence-corrected chi connectivity index (χ0v) is 8.60. The number of nitrogens with two attached hydrogens (primary N) is 1. The van der Waals surface area contributed by atoms with E-state index in [1.807, 2.05) is 0 Å². The lowest BCUT2D eigenvalue weighted by Gasteiger charge is -2.14. The van der Waals surface area contributed by atoms with E-state index in [4.69, 9.17) is 5.84 Å². The lowest BCUT2D eigenvalue weighted by Crippen LogP contribution is -2.28. The van der Waals surface area contributed by atoms with Crippen molar-refractivity contribution >= 4 is 0 Å². The highest BCUT2D eigenvalue weighted by Crippen LogP contribution is 2.14. The van der Waals surface area contributed by atoms with Gasteiger partial charge in [-0.1, -0.05) is 39.5 Å². The van der Waals surface area contributed by atoms with Crippen molar-refractivity contribution in [2.75, 3.05) is 6.54 Å². The Morgan fingerprint density at radius 2 is 1.58 bits per heavy atom. The summed E-state index contributed by atoms with van der Waals surface area (Å²) in [7, 11) is 0. The molecule has 0 fully saturated rings. The second-order valence-electron chi connectivity index (χ2n) is 3.56. The minimum Gasteiger partial charge on any atom is -0.271 e. The molecule has 0 aliphatic carbocycles. The summed E-state index contributed by atoms with van der Waals surface area (Å²) in [5.41, 5.74) is 2.79. The van der Waals surface area contributed by atoms with Gasteiger partial charge in [0.25, 0.3) is 0 Å². The maximum Gasteiger partial charge on any atom is 0.0126 e. The molecule has 12 heavy (non-hydrogen) atoms. The van der Waals surface area contributed by atoms with Crippen molar-refractivity contribution in [2.24, 2.45) is 11.8 Å². The molecule has 0 amide bonds. The molecular weight excluding hydrogens is 148 g/mol. The maximum absolute atomic E-state index is 5.32. The SMILES string of the molecule is CCCCC(CCCC)CNN. The first-order valence-corrected chi connectivity index (χ1v) is 5.28. The molecule has 0 bridgehead atoms. The van der Waals surface area contributed by atoms with Gasteiger partial charge < -0.3 is 0 Å². The van der Waals surface area contributed by atoms with Gasteiger partial charge in [0.1, 0.15) is 0 Å². The third-order valence-corrected chi connectivity index (χ3v) is 2.34. The van der Waals surface area contributed by atoms with Crippen LogP contribution >= 0.6 is 0 Å². The molecule has 2 nitrogen and oxygen atoms in total. The molecule has 0 atom stereocenters. The minimum atomic E-state index is 0.801. The van der Waals surface area contributed by atoms with Gasteiger partial charge in [-0.05, 0) is 18.8 Å². The smallest absolute Gasteiger partial charge is 0.0126 e. The van der Waals surface area contributed by atoms with E-state index in [1.165, 1.54) is 38.5 Å². The zero-order chi connectivity index (χ0) is 9.23. The fourth-order valence-corrected chi connectivity index (χ4v) is 1.50. The Labute approximate surface area is 76.9 Å². The summed E-state index contributed by atoms with van der Waals surface area (Å²) >= 11 is 0. The van der Waals surface area contributed by atoms with Crippen LogP contribution in [0, 0.1) is 5.92 Å². The lowest BCUT2D eigenvalue weighted by atomic mass is 9.96. The molecule has 0 aromatic rings. The molecule has 0 saturated heterocycles. The van der Waals surface area contributed by atoms with E-state index < -0.39 is 0 Å². The Balaban J connectivity index is 3.40. The van der Waals surface area contributed by atoms with Gasteiger partial charge in [-0.25, -0.2) is 0 Å². The average Bonchev–Trinajstić information content (AvgIpc) is 2.10. The predicted molar refractivity (Wildman–Crippen MR) is 54.7 cm³/mol. The van der Waals surface area contributed by atoms with Gasteiger partial charge in [0.05, 0.1) is 0 Å². The van der Waals surface area contributed by atoms with Crippen LogP contribution in [0.2, 0.25) is 0 Å². The quantitative estimate of drug-likeness (QED) is 0.436. The van der Waals surface area contributed by atoms with Gasteiger partial charge in [0, 0.05) is 6.54 Å². The number of hydrazine groups is 1. The van der Waals surface area contributed by atoms with Crippen LogP contribution in [-0.4, -0.2) is 6.54 Å². The normalized spacial score (nSPS) is 11.0. The van der Waals surface area contributed by atoms with E-state index in [2.05, 4.69) is 19.3 Å². The standard InChI is InChI=1S/C10H24N2/c1-3-5-7-10(9-12-11)8-6-4-2/h10,12H,3-9,11H2,1-2H3. The largest absolute Gasteiger partial charge is 0.271 e. The summed E-state index contributed by atoms with van der Waals surface area (Å²) in [5, 5.41) is 0. The highest BCUT2D eigenvalue weighted by molar-refractivity contribution is 4.60. The van der Waals surface area contributed by atoms with Crippen molar-refractivity contribution in [2.45, 2.75) is 52.4 Å². The van der Waals surface area contributed by atoms with Crippen molar-refractivity contribution in [3.63, 3.8) is 0 Å². The van der Waals surface area contributed by atoms with Crippen molar-refractivity contribution in [3.8, 4) is 0 Å². The zero-order valence-electron chi connectivity index (χ0n) is 8.60. The number of hydrogen-bond acceptors (Lipinski definition) is 2. The third-order valence-electron chi connectivity index (χ3n) is 2.34. The highest BCUT2D eigenvalue weighted by atomic mass is 15.2. The third kappa shape index (κ3) is 6.62. The van der Waals surface area contributed by atoms with Crippen LogP contribution in [0.1, 0.15) is 52.4 Å². The summed E-state index contributed by atoms with van der Waals surface area (Å²) in [4.78, 5) is 0. The number of nitrogens with one attached hydrogen (secondary N) is 1. The fourth-order valence-electron chi connectivity index (χ4n) is 1.50. The molecule has 2 heteroatoms. The number of unbranched alkanes of at least 4 members (excludes halogenated alkanes) is 2. The molecule has 0 radical (unpaired) electrons. The van der Waals surface area contributed by atoms with E-state index >= 15 is 0 Å². The molecule has 0 aromatic heterocycles. The molecule has 74 valence electrons. The van der Waals surface area contributed by atoms with Gasteiger partial charge in [0.2, 0.25) is 0 Å². The van der Waals surface area contributed by atoms with Crippen LogP contribution < -0.4 is 11.3 Å². The van der Waals surface area contributed by atoms with Crippen LogP contribution in [-0.2, 0) is 0 Å². The molecule has 0 spiro atoms. The van der Waals surface area contributed by atoms with Crippen LogP contribution in [0.3, 0.4) is 0 Å². The minimum absolute atomic E-state index is 0.801. The molecule has 0 aliphatic heterocycles. The first kappa shape index (κ1) is 11.9. The van der Waals surface area contributed by atoms with Crippen LogP contribution in [0.4, 0.5) is 0 Å². The summed E-state index contributed by atoms with van der Waals surface area (Å²) in [5.74, 6) is 6.12. The van der Waals surface area contributed by atoms with Crippen LogP contribution in [0.15, 0.2) is 0 Å². The molecule has 0 saturated carbocycles. The van der Waals surface area contributed by atoms with E-state index in [0.717, 1.165) is 12.5 Å². The van der Waals surface area contributed by atoms with Crippen LogP contribution in [0.25, 0.3) is 0 Å². The molecule has 0 aliphatic rings. The number of hydrogen-bond donors (Lipinski definition) is 2. The summed E-state index contributed by atoms with van der Waals surface area (Å²) in [6.07, 6.45) is 7.95. The highest BCUT2D eigenvalue weighted by Gasteiger charge is 2.05. The molecule has 0 heterocycles. The van der Waals surface area contributed by atoms with E-state index in [-0.39, 0.29) is 0 Å². The van der Waals surface area contributed by atoms with E-state index in [1.54, 1.807) is 0 Å². The van der Waals surface area contributed by atoms with Crippen molar-refractivity contribution in [3.05, 3.63) is 0 Å². The van der Waals surface area contributed by atoms with Crippen molar-refractivity contribution < 1.29 is 0 Å². The van der Waals surface area contributed by atoms with Gasteiger partial charge in [-0.3, -0.25) is 11.3 Å². The Morgan fingerprint density at radius 1 is 1.08 bits per heavy atom. The summed E-state index contributed by atoms with van der Waals surface area (Å²) in [6, 6.07) is 0. The second kappa shape index (κ2) is 9.01. The first-order valence-electron chi connectivity index (χ1n) is 5.28. The summed E-state index contributed by atoms with van der Waals surface area (Å²) in [6.45, 7) is 5.47. The van der Waals surface area contributed by atoms with Gasteiger partial charge >= 0.3 is 0 Å². The van der Waals surface area contributed by atoms with Gasteiger partial charge in [-0.2, -0.15) is 0 Å². The van der Waals surface area contributed by atoms with Crippen LogP contribution in [0.5, 0.6) is 0 Å². The lowest BCUT2D eigenvalue weighted by molar-refractivity contribution is 0.398. The predicted octanol–water partition coefficient (Wildman–Crippen LogP) is 2.45. The summed E-state index contributed by atoms with van der Waals surface area (Å²) < 4.78 is 0. The Morgan fingerprint density at radius 3 is 1.92 bits per heavy atom. The molecule has 0 unspecified atom stereocenters. The first-order chi connectivity index (χ1) is 5.85. The molecular formula is C10H24N2. The molecule has 3 N–H and O–H groups in total. The topological polar surface area (TPSA) is 38.0 Å². The van der Waals surface area contributed by atoms with E-state index in [9.17, 15) is 0 Å².